The smallest absolute Gasteiger partial charge is 0.0628 e. The fourth-order valence-electron chi connectivity index (χ4n) is 7.29. The molecule has 2 heteroatoms. The molecule has 0 saturated heterocycles. The SMILES string of the molecule is CC1(C)c2ccccc2-c2c1cc(-c1ccc3sc4ccccc4c3c1)c1c3ccccc3n(-c3ccccc3)c21. The second kappa shape index (κ2) is 8.19. The third kappa shape index (κ3) is 3.06. The van der Waals surface area contributed by atoms with Crippen molar-refractivity contribution < 1.29 is 0 Å². The van der Waals surface area contributed by atoms with Crippen molar-refractivity contribution in [1.82, 2.24) is 4.57 Å². The van der Waals surface area contributed by atoms with Crippen LogP contribution in [-0.4, -0.2) is 4.57 Å². The molecule has 8 aromatic rings. The summed E-state index contributed by atoms with van der Waals surface area (Å²) in [7, 11) is 0. The third-order valence-electron chi connectivity index (χ3n) is 9.18. The van der Waals surface area contributed by atoms with Gasteiger partial charge < -0.3 is 4.57 Å². The number of rotatable bonds is 2. The number of hydrogen-bond donors (Lipinski definition) is 0. The van der Waals surface area contributed by atoms with Crippen molar-refractivity contribution in [1.29, 1.82) is 0 Å². The van der Waals surface area contributed by atoms with E-state index in [9.17, 15) is 0 Å². The molecule has 194 valence electrons. The van der Waals surface area contributed by atoms with Crippen LogP contribution in [0.15, 0.2) is 127 Å². The second-order valence-corrected chi connectivity index (χ2v) is 12.8. The van der Waals surface area contributed by atoms with Crippen LogP contribution in [0.4, 0.5) is 0 Å². The van der Waals surface area contributed by atoms with Gasteiger partial charge in [-0.1, -0.05) is 98.8 Å². The van der Waals surface area contributed by atoms with Crippen molar-refractivity contribution in [2.75, 3.05) is 0 Å². The maximum absolute atomic E-state index is 2.51. The van der Waals surface area contributed by atoms with E-state index in [4.69, 9.17) is 0 Å². The monoisotopic (exact) mass is 541 g/mol. The highest BCUT2D eigenvalue weighted by Crippen LogP contribution is 2.55. The van der Waals surface area contributed by atoms with Gasteiger partial charge in [-0.2, -0.15) is 0 Å². The van der Waals surface area contributed by atoms with Crippen LogP contribution >= 0.6 is 11.3 Å². The molecule has 0 bridgehead atoms. The molecule has 0 atom stereocenters. The number of benzene rings is 6. The van der Waals surface area contributed by atoms with Crippen molar-refractivity contribution in [2.24, 2.45) is 0 Å². The lowest BCUT2D eigenvalue weighted by Gasteiger charge is -2.23. The van der Waals surface area contributed by atoms with E-state index >= 15 is 0 Å². The van der Waals surface area contributed by atoms with Gasteiger partial charge in [-0.3, -0.25) is 0 Å². The van der Waals surface area contributed by atoms with Crippen LogP contribution in [0.5, 0.6) is 0 Å². The number of fused-ring (bicyclic) bond motifs is 10. The maximum Gasteiger partial charge on any atom is 0.0628 e. The Morgan fingerprint density at radius 3 is 2.15 bits per heavy atom. The van der Waals surface area contributed by atoms with E-state index in [2.05, 4.69) is 146 Å². The number of nitrogens with zero attached hydrogens (tertiary/aromatic N) is 1. The largest absolute Gasteiger partial charge is 0.309 e. The van der Waals surface area contributed by atoms with E-state index in [0.29, 0.717) is 0 Å². The highest BCUT2D eigenvalue weighted by molar-refractivity contribution is 7.25. The van der Waals surface area contributed by atoms with Crippen molar-refractivity contribution in [3.8, 4) is 27.9 Å². The zero-order valence-corrected chi connectivity index (χ0v) is 23.8. The topological polar surface area (TPSA) is 4.93 Å². The standard InChI is InChI=1S/C39H27NS/c1-39(2)31-17-9-6-15-27(31)37-32(39)23-29(24-20-21-35-30(22-24)26-14-8-11-19-34(26)41-35)36-28-16-7-10-18-33(28)40(38(36)37)25-12-4-3-5-13-25/h3-23H,1-2H3. The molecule has 0 saturated carbocycles. The summed E-state index contributed by atoms with van der Waals surface area (Å²) in [5.74, 6) is 0. The molecule has 0 unspecified atom stereocenters. The highest BCUT2D eigenvalue weighted by Gasteiger charge is 2.38. The van der Waals surface area contributed by atoms with Crippen LogP contribution in [0.3, 0.4) is 0 Å². The molecule has 0 fully saturated rings. The van der Waals surface area contributed by atoms with Crippen LogP contribution in [0.1, 0.15) is 25.0 Å². The molecule has 0 spiro atoms. The second-order valence-electron chi connectivity index (χ2n) is 11.7. The van der Waals surface area contributed by atoms with Gasteiger partial charge in [0.25, 0.3) is 0 Å². The zero-order valence-electron chi connectivity index (χ0n) is 23.0. The molecule has 2 heterocycles. The van der Waals surface area contributed by atoms with Gasteiger partial charge in [-0.25, -0.2) is 0 Å². The van der Waals surface area contributed by atoms with Gasteiger partial charge in [0.05, 0.1) is 11.0 Å². The lowest BCUT2D eigenvalue weighted by molar-refractivity contribution is 0.661. The Bertz CT molecular complexity index is 2330. The van der Waals surface area contributed by atoms with Crippen LogP contribution in [-0.2, 0) is 5.41 Å². The summed E-state index contributed by atoms with van der Waals surface area (Å²) in [6, 6.07) is 47.2. The first-order chi connectivity index (χ1) is 20.1. The minimum atomic E-state index is -0.105. The van der Waals surface area contributed by atoms with Gasteiger partial charge in [0, 0.05) is 47.6 Å². The molecular formula is C39H27NS. The molecule has 1 aliphatic rings. The van der Waals surface area contributed by atoms with Crippen LogP contribution in [0, 0.1) is 0 Å². The first-order valence-electron chi connectivity index (χ1n) is 14.3. The van der Waals surface area contributed by atoms with E-state index < -0.39 is 0 Å². The maximum atomic E-state index is 2.51. The number of aromatic nitrogens is 1. The van der Waals surface area contributed by atoms with Gasteiger partial charge in [0.2, 0.25) is 0 Å². The van der Waals surface area contributed by atoms with E-state index in [0.717, 1.165) is 0 Å². The molecule has 0 radical (unpaired) electrons. The molecule has 1 aliphatic carbocycles. The Hall–Kier alpha value is -4.66. The molecule has 0 amide bonds. The number of thiophene rings is 1. The minimum absolute atomic E-state index is 0.105. The molecule has 6 aromatic carbocycles. The molecular weight excluding hydrogens is 515 g/mol. The van der Waals surface area contributed by atoms with Gasteiger partial charge in [0.1, 0.15) is 0 Å². The van der Waals surface area contributed by atoms with Crippen LogP contribution in [0.25, 0.3) is 69.9 Å². The molecule has 41 heavy (non-hydrogen) atoms. The Kier molecular flexibility index (Phi) is 4.61. The summed E-state index contributed by atoms with van der Waals surface area (Å²) in [5, 5.41) is 5.30. The summed E-state index contributed by atoms with van der Waals surface area (Å²) < 4.78 is 5.19. The Morgan fingerprint density at radius 1 is 0.561 bits per heavy atom. The predicted octanol–water partition coefficient (Wildman–Crippen LogP) is 11.1. The molecule has 9 rings (SSSR count). The Labute approximate surface area is 242 Å². The average Bonchev–Trinajstić information content (AvgIpc) is 3.63. The Balaban J connectivity index is 1.50. The van der Waals surface area contributed by atoms with Crippen molar-refractivity contribution in [3.63, 3.8) is 0 Å². The van der Waals surface area contributed by atoms with Crippen molar-refractivity contribution >= 4 is 53.3 Å². The van der Waals surface area contributed by atoms with E-state index in [1.54, 1.807) is 0 Å². The van der Waals surface area contributed by atoms with E-state index in [-0.39, 0.29) is 5.41 Å². The quantitative estimate of drug-likeness (QED) is 0.205. The fourth-order valence-corrected chi connectivity index (χ4v) is 8.38. The normalized spacial score (nSPS) is 13.8. The highest BCUT2D eigenvalue weighted by atomic mass is 32.1. The first-order valence-corrected chi connectivity index (χ1v) is 15.1. The lowest BCUT2D eigenvalue weighted by atomic mass is 9.81. The van der Waals surface area contributed by atoms with Gasteiger partial charge in [-0.05, 0) is 70.3 Å². The summed E-state index contributed by atoms with van der Waals surface area (Å²) in [4.78, 5) is 0. The van der Waals surface area contributed by atoms with Gasteiger partial charge in [-0.15, -0.1) is 11.3 Å². The minimum Gasteiger partial charge on any atom is -0.309 e. The number of hydrogen-bond acceptors (Lipinski definition) is 1. The summed E-state index contributed by atoms with van der Waals surface area (Å²) in [6.45, 7) is 4.77. The van der Waals surface area contributed by atoms with Crippen LogP contribution < -0.4 is 0 Å². The Morgan fingerprint density at radius 2 is 1.27 bits per heavy atom. The van der Waals surface area contributed by atoms with Crippen LogP contribution in [0.2, 0.25) is 0 Å². The molecule has 2 aromatic heterocycles. The number of para-hydroxylation sites is 2. The summed E-state index contributed by atoms with van der Waals surface area (Å²) in [5.41, 5.74) is 11.7. The third-order valence-corrected chi connectivity index (χ3v) is 10.3. The van der Waals surface area contributed by atoms with E-state index in [1.165, 1.54) is 81.0 Å². The van der Waals surface area contributed by atoms with E-state index in [1.807, 2.05) is 11.3 Å². The van der Waals surface area contributed by atoms with Gasteiger partial charge in [0.15, 0.2) is 0 Å². The van der Waals surface area contributed by atoms with Crippen molar-refractivity contribution in [3.05, 3.63) is 139 Å². The lowest BCUT2D eigenvalue weighted by Crippen LogP contribution is -2.15. The zero-order chi connectivity index (χ0) is 27.3. The molecule has 1 nitrogen and oxygen atoms in total. The predicted molar refractivity (Wildman–Crippen MR) is 177 cm³/mol. The molecule has 0 aliphatic heterocycles. The van der Waals surface area contributed by atoms with Gasteiger partial charge >= 0.3 is 0 Å². The average molecular weight is 542 g/mol. The first kappa shape index (κ1) is 23.1. The molecule has 0 N–H and O–H groups in total. The fraction of sp³-hybridized carbons (Fsp3) is 0.0769. The summed E-state index contributed by atoms with van der Waals surface area (Å²) >= 11 is 1.88. The van der Waals surface area contributed by atoms with Crippen molar-refractivity contribution in [2.45, 2.75) is 19.3 Å². The summed E-state index contributed by atoms with van der Waals surface area (Å²) in [6.07, 6.45) is 0.